The van der Waals surface area contributed by atoms with Gasteiger partial charge in [0.05, 0.1) is 15.8 Å². The zero-order valence-corrected chi connectivity index (χ0v) is 11.5. The molecule has 2 rings (SSSR count). The minimum atomic E-state index is -0.898. The van der Waals surface area contributed by atoms with E-state index in [2.05, 4.69) is 20.9 Å². The maximum Gasteiger partial charge on any atom is 0.311 e. The molecule has 0 saturated carbocycles. The number of anilines is 1. The van der Waals surface area contributed by atoms with Gasteiger partial charge in [-0.2, -0.15) is 0 Å². The van der Waals surface area contributed by atoms with Crippen LogP contribution in [0.4, 0.5) is 11.4 Å². The number of aliphatic carboxylic acids is 1. The minimum absolute atomic E-state index is 0.0219. The van der Waals surface area contributed by atoms with Crippen LogP contribution in [-0.2, 0) is 4.79 Å². The molecule has 1 atom stereocenters. The Bertz CT molecular complexity index is 523. The van der Waals surface area contributed by atoms with Gasteiger partial charge in [-0.15, -0.1) is 0 Å². The second-order valence-electron chi connectivity index (χ2n) is 4.33. The van der Waals surface area contributed by atoms with E-state index in [0.717, 1.165) is 12.8 Å². The Hall–Kier alpha value is -1.70. The topological polar surface area (TPSA) is 96.6 Å². The van der Waals surface area contributed by atoms with E-state index in [9.17, 15) is 14.9 Å². The van der Waals surface area contributed by atoms with E-state index in [1.54, 1.807) is 4.90 Å². The maximum atomic E-state index is 11.1. The highest BCUT2D eigenvalue weighted by molar-refractivity contribution is 9.10. The summed E-state index contributed by atoms with van der Waals surface area (Å²) in [5.41, 5.74) is 0.315. The van der Waals surface area contributed by atoms with Gasteiger partial charge in [0.25, 0.3) is 0 Å². The highest BCUT2D eigenvalue weighted by Crippen LogP contribution is 2.39. The Morgan fingerprint density at radius 2 is 2.37 bits per heavy atom. The number of rotatable bonds is 4. The molecule has 8 heteroatoms. The average molecular weight is 330 g/mol. The molecule has 102 valence electrons. The van der Waals surface area contributed by atoms with Crippen LogP contribution in [-0.4, -0.2) is 33.6 Å². The number of nitro groups is 1. The molecule has 1 unspecified atom stereocenters. The van der Waals surface area contributed by atoms with Gasteiger partial charge in [0.2, 0.25) is 0 Å². The number of pyridine rings is 1. The molecular formula is C11H12BrN3O4. The van der Waals surface area contributed by atoms with Crippen molar-refractivity contribution in [2.45, 2.75) is 25.3 Å². The lowest BCUT2D eigenvalue weighted by Crippen LogP contribution is -2.32. The summed E-state index contributed by atoms with van der Waals surface area (Å²) >= 11 is 3.26. The molecule has 1 aliphatic heterocycles. The van der Waals surface area contributed by atoms with Crippen LogP contribution >= 0.6 is 15.9 Å². The number of halogens is 1. The summed E-state index contributed by atoms with van der Waals surface area (Å²) in [5, 5.41) is 20.0. The molecular weight excluding hydrogens is 318 g/mol. The van der Waals surface area contributed by atoms with Gasteiger partial charge in [0.15, 0.2) is 0 Å². The van der Waals surface area contributed by atoms with E-state index < -0.39 is 10.9 Å². The van der Waals surface area contributed by atoms with E-state index >= 15 is 0 Å². The first-order valence-corrected chi connectivity index (χ1v) is 6.56. The van der Waals surface area contributed by atoms with E-state index in [0.29, 0.717) is 16.7 Å². The summed E-state index contributed by atoms with van der Waals surface area (Å²) in [5.74, 6) is -0.898. The fourth-order valence-electron chi connectivity index (χ4n) is 2.38. The summed E-state index contributed by atoms with van der Waals surface area (Å²) in [7, 11) is 0. The van der Waals surface area contributed by atoms with Crippen molar-refractivity contribution in [3.63, 3.8) is 0 Å². The molecule has 1 aromatic heterocycles. The van der Waals surface area contributed by atoms with Crippen LogP contribution in [0.3, 0.4) is 0 Å². The third kappa shape index (κ3) is 2.83. The van der Waals surface area contributed by atoms with E-state index in [1.807, 2.05) is 0 Å². The number of carbonyl (C=O) groups is 1. The fraction of sp³-hybridized carbons (Fsp3) is 0.455. The van der Waals surface area contributed by atoms with Crippen molar-refractivity contribution >= 4 is 33.3 Å². The molecule has 0 spiro atoms. The first-order valence-electron chi connectivity index (χ1n) is 5.77. The second-order valence-corrected chi connectivity index (χ2v) is 5.19. The van der Waals surface area contributed by atoms with Crippen molar-refractivity contribution < 1.29 is 14.8 Å². The first kappa shape index (κ1) is 13.7. The largest absolute Gasteiger partial charge is 0.481 e. The Balaban J connectivity index is 2.40. The quantitative estimate of drug-likeness (QED) is 0.671. The normalized spacial score (nSPS) is 18.6. The SMILES string of the molecule is O=C(O)CC1CCCN1c1c(Br)cncc1[N+](=O)[O-]. The van der Waals surface area contributed by atoms with Gasteiger partial charge in [-0.1, -0.05) is 0 Å². The maximum absolute atomic E-state index is 11.1. The number of carboxylic acids is 1. The third-order valence-corrected chi connectivity index (χ3v) is 3.71. The van der Waals surface area contributed by atoms with Crippen molar-refractivity contribution in [1.82, 2.24) is 4.98 Å². The van der Waals surface area contributed by atoms with Crippen LogP contribution in [0.1, 0.15) is 19.3 Å². The second kappa shape index (κ2) is 5.52. The zero-order valence-electron chi connectivity index (χ0n) is 9.95. The van der Waals surface area contributed by atoms with Crippen LogP contribution in [0.5, 0.6) is 0 Å². The van der Waals surface area contributed by atoms with Crippen molar-refractivity contribution in [2.75, 3.05) is 11.4 Å². The lowest BCUT2D eigenvalue weighted by atomic mass is 10.1. The lowest BCUT2D eigenvalue weighted by Gasteiger charge is -2.26. The smallest absolute Gasteiger partial charge is 0.311 e. The van der Waals surface area contributed by atoms with Crippen LogP contribution in [0.2, 0.25) is 0 Å². The van der Waals surface area contributed by atoms with Crippen molar-refractivity contribution in [3.8, 4) is 0 Å². The lowest BCUT2D eigenvalue weighted by molar-refractivity contribution is -0.384. The van der Waals surface area contributed by atoms with Gasteiger partial charge < -0.3 is 10.0 Å². The number of carboxylic acid groups (broad SMARTS) is 1. The molecule has 0 bridgehead atoms. The molecule has 0 amide bonds. The summed E-state index contributed by atoms with van der Waals surface area (Å²) in [6.45, 7) is 0.612. The molecule has 0 aromatic carbocycles. The molecule has 2 heterocycles. The minimum Gasteiger partial charge on any atom is -0.481 e. The molecule has 1 aliphatic rings. The number of nitrogens with zero attached hydrogens (tertiary/aromatic N) is 3. The zero-order chi connectivity index (χ0) is 14.0. The van der Waals surface area contributed by atoms with Crippen LogP contribution in [0.15, 0.2) is 16.9 Å². The Kier molecular flexibility index (Phi) is 3.98. The van der Waals surface area contributed by atoms with Gasteiger partial charge >= 0.3 is 11.7 Å². The van der Waals surface area contributed by atoms with Crippen LogP contribution in [0.25, 0.3) is 0 Å². The monoisotopic (exact) mass is 329 g/mol. The number of aromatic nitrogens is 1. The highest BCUT2D eigenvalue weighted by Gasteiger charge is 2.32. The highest BCUT2D eigenvalue weighted by atomic mass is 79.9. The molecule has 7 nitrogen and oxygen atoms in total. The number of hydrogen-bond donors (Lipinski definition) is 1. The van der Waals surface area contributed by atoms with Crippen LogP contribution in [0, 0.1) is 10.1 Å². The predicted molar refractivity (Wildman–Crippen MR) is 71.2 cm³/mol. The number of hydrogen-bond acceptors (Lipinski definition) is 5. The third-order valence-electron chi connectivity index (χ3n) is 3.12. The molecule has 1 N–H and O–H groups in total. The van der Waals surface area contributed by atoms with Crippen LogP contribution < -0.4 is 4.90 Å². The van der Waals surface area contributed by atoms with Crippen molar-refractivity contribution in [1.29, 1.82) is 0 Å². The fourth-order valence-corrected chi connectivity index (χ4v) is 2.93. The first-order chi connectivity index (χ1) is 9.00. The summed E-state index contributed by atoms with van der Waals surface area (Å²) < 4.78 is 0.513. The van der Waals surface area contributed by atoms with Crippen molar-refractivity contribution in [2.24, 2.45) is 0 Å². The van der Waals surface area contributed by atoms with Gasteiger partial charge in [-0.3, -0.25) is 19.9 Å². The predicted octanol–water partition coefficient (Wildman–Crippen LogP) is 2.20. The molecule has 1 fully saturated rings. The average Bonchev–Trinajstić information content (AvgIpc) is 2.75. The van der Waals surface area contributed by atoms with Gasteiger partial charge in [0.1, 0.15) is 11.9 Å². The Morgan fingerprint density at radius 1 is 1.63 bits per heavy atom. The Labute approximate surface area is 117 Å². The molecule has 1 saturated heterocycles. The Morgan fingerprint density at radius 3 is 3.00 bits per heavy atom. The van der Waals surface area contributed by atoms with Crippen molar-refractivity contribution in [3.05, 3.63) is 27.0 Å². The van der Waals surface area contributed by atoms with Gasteiger partial charge in [0, 0.05) is 18.8 Å². The van der Waals surface area contributed by atoms with E-state index in [4.69, 9.17) is 5.11 Å². The molecule has 0 aliphatic carbocycles. The van der Waals surface area contributed by atoms with E-state index in [1.165, 1.54) is 12.4 Å². The van der Waals surface area contributed by atoms with Gasteiger partial charge in [-0.25, -0.2) is 0 Å². The molecule has 0 radical (unpaired) electrons. The summed E-state index contributed by atoms with van der Waals surface area (Å²) in [6, 6.07) is -0.213. The summed E-state index contributed by atoms with van der Waals surface area (Å²) in [4.78, 5) is 27.0. The standard InChI is InChI=1S/C11H12BrN3O4/c12-8-5-13-6-9(15(18)19)11(8)14-3-1-2-7(14)4-10(16)17/h5-7H,1-4H2,(H,16,17). The molecule has 1 aromatic rings. The van der Waals surface area contributed by atoms with Gasteiger partial charge in [-0.05, 0) is 28.8 Å². The summed E-state index contributed by atoms with van der Waals surface area (Å²) in [6.07, 6.45) is 4.20. The van der Waals surface area contributed by atoms with E-state index in [-0.39, 0.29) is 18.2 Å². The molecule has 19 heavy (non-hydrogen) atoms.